The lowest BCUT2D eigenvalue weighted by Gasteiger charge is -2.40. The van der Waals surface area contributed by atoms with E-state index >= 15 is 0 Å². The number of hydrogen-bond acceptors (Lipinski definition) is 3. The van der Waals surface area contributed by atoms with Gasteiger partial charge in [-0.25, -0.2) is 0 Å². The fourth-order valence-corrected chi connectivity index (χ4v) is 4.10. The first-order valence-corrected chi connectivity index (χ1v) is 8.34. The van der Waals surface area contributed by atoms with Gasteiger partial charge in [-0.3, -0.25) is 4.90 Å². The Labute approximate surface area is 128 Å². The number of likely N-dealkylation sites (tertiary alicyclic amines) is 1. The van der Waals surface area contributed by atoms with Crippen LogP contribution in [0.4, 0.5) is 0 Å². The fraction of sp³-hybridized carbons (Fsp3) is 0.667. The first kappa shape index (κ1) is 14.9. The molecule has 1 atom stereocenters. The largest absolute Gasteiger partial charge is 0.508 e. The molecule has 1 heterocycles. The number of benzene rings is 1. The summed E-state index contributed by atoms with van der Waals surface area (Å²) >= 11 is 0. The highest BCUT2D eigenvalue weighted by Gasteiger charge is 2.29. The van der Waals surface area contributed by atoms with Crippen LogP contribution in [0, 0.1) is 5.92 Å². The minimum absolute atomic E-state index is 0.420. The number of fused-ring (bicyclic) bond motifs is 1. The zero-order valence-corrected chi connectivity index (χ0v) is 13.4. The van der Waals surface area contributed by atoms with E-state index in [0.717, 1.165) is 5.92 Å². The number of phenols is 1. The summed E-state index contributed by atoms with van der Waals surface area (Å²) in [7, 11) is 4.35. The van der Waals surface area contributed by atoms with E-state index in [4.69, 9.17) is 0 Å². The van der Waals surface area contributed by atoms with Gasteiger partial charge in [-0.1, -0.05) is 6.07 Å². The molecule has 0 bridgehead atoms. The number of hydrogen-bond donors (Lipinski definition) is 1. The highest BCUT2D eigenvalue weighted by molar-refractivity contribution is 5.38. The molecule has 3 heteroatoms. The average molecular weight is 288 g/mol. The minimum atomic E-state index is 0.420. The molecule has 1 fully saturated rings. The Bertz CT molecular complexity index is 478. The number of aromatic hydroxyl groups is 1. The molecule has 1 aromatic rings. The summed E-state index contributed by atoms with van der Waals surface area (Å²) in [6.07, 6.45) is 6.31. The predicted octanol–water partition coefficient (Wildman–Crippen LogP) is 3.04. The molecule has 0 amide bonds. The molecule has 2 aliphatic rings. The van der Waals surface area contributed by atoms with Crippen LogP contribution in [0.5, 0.6) is 5.75 Å². The first-order chi connectivity index (χ1) is 10.1. The third kappa shape index (κ3) is 3.41. The van der Waals surface area contributed by atoms with Crippen LogP contribution in [-0.2, 0) is 6.42 Å². The molecular formula is C18H28N2O. The van der Waals surface area contributed by atoms with Crippen molar-refractivity contribution in [3.8, 4) is 5.75 Å². The van der Waals surface area contributed by atoms with Gasteiger partial charge in [0.05, 0.1) is 0 Å². The van der Waals surface area contributed by atoms with Crippen molar-refractivity contribution in [2.45, 2.75) is 38.1 Å². The van der Waals surface area contributed by atoms with Gasteiger partial charge in [0, 0.05) is 12.6 Å². The van der Waals surface area contributed by atoms with E-state index in [-0.39, 0.29) is 0 Å². The molecule has 1 saturated heterocycles. The van der Waals surface area contributed by atoms with E-state index in [1.54, 1.807) is 0 Å². The number of aryl methyl sites for hydroxylation is 1. The molecule has 3 nitrogen and oxygen atoms in total. The van der Waals surface area contributed by atoms with Crippen molar-refractivity contribution in [3.05, 3.63) is 29.3 Å². The van der Waals surface area contributed by atoms with Crippen LogP contribution in [0.3, 0.4) is 0 Å². The van der Waals surface area contributed by atoms with Gasteiger partial charge in [0.2, 0.25) is 0 Å². The van der Waals surface area contributed by atoms with Gasteiger partial charge in [-0.2, -0.15) is 0 Å². The molecule has 0 radical (unpaired) electrons. The monoisotopic (exact) mass is 288 g/mol. The average Bonchev–Trinajstić information content (AvgIpc) is 2.47. The lowest BCUT2D eigenvalue weighted by atomic mass is 9.85. The minimum Gasteiger partial charge on any atom is -0.508 e. The Kier molecular flexibility index (Phi) is 4.51. The van der Waals surface area contributed by atoms with Crippen LogP contribution in [0.15, 0.2) is 18.2 Å². The zero-order chi connectivity index (χ0) is 14.8. The molecule has 1 unspecified atom stereocenters. The Morgan fingerprint density at radius 2 is 1.95 bits per heavy atom. The fourth-order valence-electron chi connectivity index (χ4n) is 4.10. The summed E-state index contributed by atoms with van der Waals surface area (Å²) in [5.41, 5.74) is 2.83. The van der Waals surface area contributed by atoms with Crippen molar-refractivity contribution < 1.29 is 5.11 Å². The first-order valence-electron chi connectivity index (χ1n) is 8.34. The second-order valence-electron chi connectivity index (χ2n) is 7.03. The van der Waals surface area contributed by atoms with E-state index in [9.17, 15) is 5.11 Å². The molecule has 3 rings (SSSR count). The SMILES string of the molecule is CN(C)CC1CCN(C2CCCc3ccc(O)cc32)CC1. The Morgan fingerprint density at radius 1 is 1.19 bits per heavy atom. The van der Waals surface area contributed by atoms with Gasteiger partial charge in [0.15, 0.2) is 0 Å². The summed E-state index contributed by atoms with van der Waals surface area (Å²) < 4.78 is 0. The molecule has 21 heavy (non-hydrogen) atoms. The van der Waals surface area contributed by atoms with Gasteiger partial charge in [-0.15, -0.1) is 0 Å². The van der Waals surface area contributed by atoms with Crippen LogP contribution < -0.4 is 0 Å². The summed E-state index contributed by atoms with van der Waals surface area (Å²) in [5, 5.41) is 9.82. The van der Waals surface area contributed by atoms with Crippen molar-refractivity contribution in [2.75, 3.05) is 33.7 Å². The molecule has 0 aromatic heterocycles. The number of phenolic OH excluding ortho intramolecular Hbond substituents is 1. The lowest BCUT2D eigenvalue weighted by molar-refractivity contribution is 0.110. The molecule has 1 aliphatic heterocycles. The Balaban J connectivity index is 1.68. The smallest absolute Gasteiger partial charge is 0.115 e. The van der Waals surface area contributed by atoms with Crippen molar-refractivity contribution in [1.29, 1.82) is 0 Å². The standard InChI is InChI=1S/C18H28N2O/c1-19(2)13-14-8-10-20(11-9-14)18-5-3-4-15-6-7-16(21)12-17(15)18/h6-7,12,14,18,21H,3-5,8-11,13H2,1-2H3. The van der Waals surface area contributed by atoms with Crippen LogP contribution >= 0.6 is 0 Å². The van der Waals surface area contributed by atoms with E-state index in [1.807, 2.05) is 12.1 Å². The van der Waals surface area contributed by atoms with E-state index < -0.39 is 0 Å². The Morgan fingerprint density at radius 3 is 2.67 bits per heavy atom. The highest BCUT2D eigenvalue weighted by Crippen LogP contribution is 2.37. The number of nitrogens with zero attached hydrogens (tertiary/aromatic N) is 2. The van der Waals surface area contributed by atoms with Gasteiger partial charge in [0.25, 0.3) is 0 Å². The molecule has 1 N–H and O–H groups in total. The lowest BCUT2D eigenvalue weighted by Crippen LogP contribution is -2.40. The Hall–Kier alpha value is -1.06. The van der Waals surface area contributed by atoms with Crippen molar-refractivity contribution >= 4 is 0 Å². The zero-order valence-electron chi connectivity index (χ0n) is 13.4. The predicted molar refractivity (Wildman–Crippen MR) is 86.6 cm³/mol. The van der Waals surface area contributed by atoms with Crippen LogP contribution in [0.2, 0.25) is 0 Å². The summed E-state index contributed by atoms with van der Waals surface area (Å²) in [5.74, 6) is 1.27. The molecule has 116 valence electrons. The maximum absolute atomic E-state index is 9.82. The molecule has 1 aliphatic carbocycles. The second kappa shape index (κ2) is 6.37. The van der Waals surface area contributed by atoms with Crippen molar-refractivity contribution in [1.82, 2.24) is 9.80 Å². The van der Waals surface area contributed by atoms with E-state index in [0.29, 0.717) is 11.8 Å². The topological polar surface area (TPSA) is 26.7 Å². The third-order valence-corrected chi connectivity index (χ3v) is 5.13. The molecular weight excluding hydrogens is 260 g/mol. The maximum atomic E-state index is 9.82. The van der Waals surface area contributed by atoms with Gasteiger partial charge in [0.1, 0.15) is 5.75 Å². The van der Waals surface area contributed by atoms with Crippen LogP contribution in [0.25, 0.3) is 0 Å². The van der Waals surface area contributed by atoms with Crippen molar-refractivity contribution in [3.63, 3.8) is 0 Å². The highest BCUT2D eigenvalue weighted by atomic mass is 16.3. The van der Waals surface area contributed by atoms with Crippen LogP contribution in [-0.4, -0.2) is 48.6 Å². The summed E-state index contributed by atoms with van der Waals surface area (Å²) in [4.78, 5) is 4.97. The molecule has 0 spiro atoms. The number of piperidine rings is 1. The normalized spacial score (nSPS) is 24.2. The van der Waals surface area contributed by atoms with E-state index in [1.165, 1.54) is 62.9 Å². The maximum Gasteiger partial charge on any atom is 0.115 e. The number of rotatable bonds is 3. The van der Waals surface area contributed by atoms with Crippen molar-refractivity contribution in [2.24, 2.45) is 5.92 Å². The molecule has 1 aromatic carbocycles. The summed E-state index contributed by atoms with van der Waals surface area (Å²) in [6, 6.07) is 6.49. The van der Waals surface area contributed by atoms with Crippen LogP contribution in [0.1, 0.15) is 42.9 Å². The molecule has 0 saturated carbocycles. The quantitative estimate of drug-likeness (QED) is 0.926. The van der Waals surface area contributed by atoms with E-state index in [2.05, 4.69) is 30.0 Å². The van der Waals surface area contributed by atoms with Gasteiger partial charge >= 0.3 is 0 Å². The van der Waals surface area contributed by atoms with Gasteiger partial charge < -0.3 is 10.0 Å². The van der Waals surface area contributed by atoms with Gasteiger partial charge in [-0.05, 0) is 88.5 Å². The summed E-state index contributed by atoms with van der Waals surface area (Å²) in [6.45, 7) is 3.63. The third-order valence-electron chi connectivity index (χ3n) is 5.13. The second-order valence-corrected chi connectivity index (χ2v) is 7.03.